The summed E-state index contributed by atoms with van der Waals surface area (Å²) in [5, 5.41) is 17.3. The maximum absolute atomic E-state index is 11.3. The number of methoxy groups -OCH3 is 1. The van der Waals surface area contributed by atoms with Crippen molar-refractivity contribution < 1.29 is 9.66 Å². The minimum atomic E-state index is -0.461. The van der Waals surface area contributed by atoms with E-state index in [-0.39, 0.29) is 23.5 Å². The minimum Gasteiger partial charge on any atom is -0.383 e. The zero-order valence-corrected chi connectivity index (χ0v) is 13.1. The largest absolute Gasteiger partial charge is 0.383 e. The number of nitro groups is 1. The van der Waals surface area contributed by atoms with Gasteiger partial charge in [0.1, 0.15) is 5.69 Å². The van der Waals surface area contributed by atoms with Crippen LogP contribution in [0.5, 0.6) is 0 Å². The lowest BCUT2D eigenvalue weighted by molar-refractivity contribution is -0.385. The quantitative estimate of drug-likeness (QED) is 0.560. The lowest BCUT2D eigenvalue weighted by Crippen LogP contribution is -2.31. The van der Waals surface area contributed by atoms with Gasteiger partial charge >= 0.3 is 5.69 Å². The van der Waals surface area contributed by atoms with Crippen LogP contribution in [0.15, 0.2) is 0 Å². The predicted molar refractivity (Wildman–Crippen MR) is 81.7 cm³/mol. The molecule has 0 aliphatic carbocycles. The van der Waals surface area contributed by atoms with E-state index in [1.54, 1.807) is 14.0 Å². The van der Waals surface area contributed by atoms with Gasteiger partial charge in [0.2, 0.25) is 11.8 Å². The van der Waals surface area contributed by atoms with Crippen LogP contribution in [0, 0.1) is 23.0 Å². The fraction of sp³-hybridized carbons (Fsp3) is 0.692. The summed E-state index contributed by atoms with van der Waals surface area (Å²) in [6, 6.07) is -0.0718. The number of nitrogens with zero attached hydrogens (tertiary/aromatic N) is 3. The molecule has 1 rings (SSSR count). The van der Waals surface area contributed by atoms with Crippen LogP contribution in [0.1, 0.15) is 26.5 Å². The van der Waals surface area contributed by atoms with Crippen molar-refractivity contribution >= 4 is 17.5 Å². The third-order valence-corrected chi connectivity index (χ3v) is 3.05. The summed E-state index contributed by atoms with van der Waals surface area (Å²) in [5.41, 5.74) is 0.228. The SMILES string of the molecule is CCNc1nc(C)c([N+](=O)[O-])c(NC(COC)C(C)C)n1. The third-order valence-electron chi connectivity index (χ3n) is 3.05. The Kier molecular flexibility index (Phi) is 6.29. The van der Waals surface area contributed by atoms with Crippen LogP contribution < -0.4 is 10.6 Å². The van der Waals surface area contributed by atoms with Gasteiger partial charge in [-0.2, -0.15) is 4.98 Å². The average Bonchev–Trinajstić information content (AvgIpc) is 2.37. The smallest absolute Gasteiger partial charge is 0.332 e. The van der Waals surface area contributed by atoms with Crippen LogP contribution in [0.4, 0.5) is 17.5 Å². The molecule has 1 unspecified atom stereocenters. The van der Waals surface area contributed by atoms with Crippen molar-refractivity contribution in [1.82, 2.24) is 9.97 Å². The first-order chi connectivity index (χ1) is 9.90. The third kappa shape index (κ3) is 4.52. The number of aryl methyl sites for hydroxylation is 1. The summed E-state index contributed by atoms with van der Waals surface area (Å²) in [7, 11) is 1.60. The van der Waals surface area contributed by atoms with Gasteiger partial charge in [0.25, 0.3) is 0 Å². The summed E-state index contributed by atoms with van der Waals surface area (Å²) in [5.74, 6) is 0.838. The van der Waals surface area contributed by atoms with E-state index in [1.165, 1.54) is 0 Å². The van der Waals surface area contributed by atoms with Crippen molar-refractivity contribution in [3.63, 3.8) is 0 Å². The maximum Gasteiger partial charge on any atom is 0.332 e. The predicted octanol–water partition coefficient (Wildman–Crippen LogP) is 2.21. The maximum atomic E-state index is 11.3. The van der Waals surface area contributed by atoms with Crippen LogP contribution in [-0.4, -0.2) is 41.2 Å². The number of hydrogen-bond donors (Lipinski definition) is 2. The highest BCUT2D eigenvalue weighted by Crippen LogP contribution is 2.28. The summed E-state index contributed by atoms with van der Waals surface area (Å²) in [4.78, 5) is 19.1. The van der Waals surface area contributed by atoms with Crippen LogP contribution in [0.3, 0.4) is 0 Å². The van der Waals surface area contributed by atoms with Gasteiger partial charge in [0, 0.05) is 13.7 Å². The summed E-state index contributed by atoms with van der Waals surface area (Å²) in [6.45, 7) is 8.63. The zero-order valence-electron chi connectivity index (χ0n) is 13.1. The molecule has 0 aromatic carbocycles. The normalized spacial score (nSPS) is 12.3. The van der Waals surface area contributed by atoms with E-state index in [1.807, 2.05) is 20.8 Å². The second-order valence-electron chi connectivity index (χ2n) is 5.07. The average molecular weight is 297 g/mol. The molecule has 0 saturated carbocycles. The highest BCUT2D eigenvalue weighted by atomic mass is 16.6. The van der Waals surface area contributed by atoms with Gasteiger partial charge in [-0.15, -0.1) is 0 Å². The molecule has 118 valence electrons. The van der Waals surface area contributed by atoms with Crippen LogP contribution >= 0.6 is 0 Å². The van der Waals surface area contributed by atoms with Crippen molar-refractivity contribution in [2.45, 2.75) is 33.7 Å². The zero-order chi connectivity index (χ0) is 16.0. The van der Waals surface area contributed by atoms with Crippen molar-refractivity contribution in [1.29, 1.82) is 0 Å². The molecule has 0 spiro atoms. The fourth-order valence-corrected chi connectivity index (χ4v) is 1.88. The van der Waals surface area contributed by atoms with E-state index in [0.29, 0.717) is 24.8 Å². The van der Waals surface area contributed by atoms with Crippen LogP contribution in [-0.2, 0) is 4.74 Å². The standard InChI is InChI=1S/C13H23N5O3/c1-6-14-13-15-9(4)11(18(19)20)12(17-13)16-10(7-21-5)8(2)3/h8,10H,6-7H2,1-5H3,(H2,14,15,16,17). The lowest BCUT2D eigenvalue weighted by Gasteiger charge is -2.22. The molecule has 8 heteroatoms. The van der Waals surface area contributed by atoms with E-state index in [4.69, 9.17) is 4.74 Å². The monoisotopic (exact) mass is 297 g/mol. The first-order valence-electron chi connectivity index (χ1n) is 6.93. The number of anilines is 2. The Morgan fingerprint density at radius 2 is 2.05 bits per heavy atom. The van der Waals surface area contributed by atoms with Crippen LogP contribution in [0.2, 0.25) is 0 Å². The number of ether oxygens (including phenoxy) is 1. The van der Waals surface area contributed by atoms with E-state index in [0.717, 1.165) is 0 Å². The first-order valence-corrected chi connectivity index (χ1v) is 6.93. The lowest BCUT2D eigenvalue weighted by atomic mass is 10.1. The molecule has 0 radical (unpaired) electrons. The molecular formula is C13H23N5O3. The summed E-state index contributed by atoms with van der Waals surface area (Å²) >= 11 is 0. The molecule has 0 amide bonds. The highest BCUT2D eigenvalue weighted by molar-refractivity contribution is 5.61. The number of aromatic nitrogens is 2. The van der Waals surface area contributed by atoms with Gasteiger partial charge in [0.05, 0.1) is 17.6 Å². The molecule has 8 nitrogen and oxygen atoms in total. The van der Waals surface area contributed by atoms with Gasteiger partial charge < -0.3 is 15.4 Å². The Bertz CT molecular complexity index is 493. The van der Waals surface area contributed by atoms with Crippen molar-refractivity contribution in [3.8, 4) is 0 Å². The highest BCUT2D eigenvalue weighted by Gasteiger charge is 2.25. The van der Waals surface area contributed by atoms with Gasteiger partial charge in [0.15, 0.2) is 0 Å². The second kappa shape index (κ2) is 7.72. The molecule has 21 heavy (non-hydrogen) atoms. The van der Waals surface area contributed by atoms with Crippen molar-refractivity contribution in [2.24, 2.45) is 5.92 Å². The first kappa shape index (κ1) is 17.1. The topological polar surface area (TPSA) is 102 Å². The molecule has 1 aromatic rings. The van der Waals surface area contributed by atoms with E-state index < -0.39 is 4.92 Å². The van der Waals surface area contributed by atoms with Crippen LogP contribution in [0.25, 0.3) is 0 Å². The summed E-state index contributed by atoms with van der Waals surface area (Å²) in [6.07, 6.45) is 0. The number of nitrogens with one attached hydrogen (secondary N) is 2. The molecule has 1 atom stereocenters. The Balaban J connectivity index is 3.19. The van der Waals surface area contributed by atoms with Crippen molar-refractivity contribution in [2.75, 3.05) is 30.9 Å². The molecule has 0 bridgehead atoms. The Labute approximate surface area is 124 Å². The second-order valence-corrected chi connectivity index (χ2v) is 5.07. The molecule has 1 heterocycles. The van der Waals surface area contributed by atoms with Gasteiger partial charge in [-0.3, -0.25) is 10.1 Å². The minimum absolute atomic E-state index is 0.0718. The number of rotatable bonds is 8. The molecule has 0 aliphatic heterocycles. The molecule has 0 saturated heterocycles. The number of hydrogen-bond acceptors (Lipinski definition) is 7. The van der Waals surface area contributed by atoms with Crippen molar-refractivity contribution in [3.05, 3.63) is 15.8 Å². The Morgan fingerprint density at radius 1 is 1.38 bits per heavy atom. The van der Waals surface area contributed by atoms with Gasteiger partial charge in [-0.1, -0.05) is 13.8 Å². The molecular weight excluding hydrogens is 274 g/mol. The van der Waals surface area contributed by atoms with E-state index in [9.17, 15) is 10.1 Å². The Morgan fingerprint density at radius 3 is 2.52 bits per heavy atom. The molecule has 0 fully saturated rings. The van der Waals surface area contributed by atoms with E-state index in [2.05, 4.69) is 20.6 Å². The molecule has 0 aliphatic rings. The van der Waals surface area contributed by atoms with Gasteiger partial charge in [-0.05, 0) is 19.8 Å². The molecule has 1 aromatic heterocycles. The fourth-order valence-electron chi connectivity index (χ4n) is 1.88. The molecule has 2 N–H and O–H groups in total. The Hall–Kier alpha value is -1.96. The summed E-state index contributed by atoms with van der Waals surface area (Å²) < 4.78 is 5.15. The van der Waals surface area contributed by atoms with E-state index >= 15 is 0 Å². The van der Waals surface area contributed by atoms with Gasteiger partial charge in [-0.25, -0.2) is 4.98 Å².